The highest BCUT2D eigenvalue weighted by molar-refractivity contribution is 7.19. The van der Waals surface area contributed by atoms with Crippen LogP contribution in [0.25, 0.3) is 10.6 Å². The fraction of sp³-hybridized carbons (Fsp3) is 0.0909. The minimum atomic E-state index is 0.646. The topological polar surface area (TPSA) is 45.5 Å². The summed E-state index contributed by atoms with van der Waals surface area (Å²) in [6, 6.07) is 7.53. The SMILES string of the molecule is Cc1cccc(-c2sc(Cl)cc2/C=N/O)n1. The quantitative estimate of drug-likeness (QED) is 0.504. The summed E-state index contributed by atoms with van der Waals surface area (Å²) < 4.78 is 0.646. The van der Waals surface area contributed by atoms with Crippen LogP contribution in [-0.2, 0) is 0 Å². The fourth-order valence-corrected chi connectivity index (χ4v) is 2.58. The molecule has 0 bridgehead atoms. The van der Waals surface area contributed by atoms with E-state index in [1.807, 2.05) is 25.1 Å². The molecule has 0 saturated carbocycles. The zero-order chi connectivity index (χ0) is 11.5. The number of pyridine rings is 1. The summed E-state index contributed by atoms with van der Waals surface area (Å²) in [6.07, 6.45) is 1.36. The van der Waals surface area contributed by atoms with E-state index in [-0.39, 0.29) is 0 Å². The van der Waals surface area contributed by atoms with E-state index < -0.39 is 0 Å². The van der Waals surface area contributed by atoms with Crippen LogP contribution in [0.2, 0.25) is 4.34 Å². The van der Waals surface area contributed by atoms with Crippen molar-refractivity contribution in [2.75, 3.05) is 0 Å². The largest absolute Gasteiger partial charge is 0.411 e. The third-order valence-corrected chi connectivity index (χ3v) is 3.35. The highest BCUT2D eigenvalue weighted by Gasteiger charge is 2.10. The van der Waals surface area contributed by atoms with Crippen molar-refractivity contribution in [3.63, 3.8) is 0 Å². The molecule has 2 heterocycles. The first-order valence-corrected chi connectivity index (χ1v) is 5.81. The van der Waals surface area contributed by atoms with E-state index in [1.54, 1.807) is 6.07 Å². The Bertz CT molecular complexity index is 537. The molecule has 82 valence electrons. The van der Waals surface area contributed by atoms with Crippen LogP contribution in [0.15, 0.2) is 29.4 Å². The molecule has 0 aromatic carbocycles. The molecule has 0 unspecified atom stereocenters. The molecule has 0 amide bonds. The van der Waals surface area contributed by atoms with Gasteiger partial charge in [-0.25, -0.2) is 0 Å². The van der Waals surface area contributed by atoms with Gasteiger partial charge in [-0.05, 0) is 25.1 Å². The Balaban J connectivity index is 2.54. The van der Waals surface area contributed by atoms with E-state index in [4.69, 9.17) is 16.8 Å². The number of oxime groups is 1. The lowest BCUT2D eigenvalue weighted by Crippen LogP contribution is -1.87. The average molecular weight is 253 g/mol. The summed E-state index contributed by atoms with van der Waals surface area (Å²) in [6.45, 7) is 1.93. The van der Waals surface area contributed by atoms with E-state index in [9.17, 15) is 0 Å². The molecular weight excluding hydrogens is 244 g/mol. The van der Waals surface area contributed by atoms with E-state index in [1.165, 1.54) is 17.6 Å². The predicted molar refractivity (Wildman–Crippen MR) is 66.7 cm³/mol. The summed E-state index contributed by atoms with van der Waals surface area (Å²) in [7, 11) is 0. The van der Waals surface area contributed by atoms with Crippen LogP contribution >= 0.6 is 22.9 Å². The van der Waals surface area contributed by atoms with E-state index >= 15 is 0 Å². The number of halogens is 1. The monoisotopic (exact) mass is 252 g/mol. The first-order chi connectivity index (χ1) is 7.70. The maximum Gasteiger partial charge on any atom is 0.0942 e. The van der Waals surface area contributed by atoms with Crippen molar-refractivity contribution >= 4 is 29.2 Å². The zero-order valence-electron chi connectivity index (χ0n) is 8.51. The van der Waals surface area contributed by atoms with Gasteiger partial charge in [-0.15, -0.1) is 11.3 Å². The highest BCUT2D eigenvalue weighted by Crippen LogP contribution is 2.33. The van der Waals surface area contributed by atoms with E-state index in [0.29, 0.717) is 4.34 Å². The molecule has 0 fully saturated rings. The Labute approximate surface area is 102 Å². The van der Waals surface area contributed by atoms with Gasteiger partial charge in [0.1, 0.15) is 0 Å². The summed E-state index contributed by atoms with van der Waals surface area (Å²) in [4.78, 5) is 5.32. The van der Waals surface area contributed by atoms with Gasteiger partial charge in [-0.1, -0.05) is 22.8 Å². The van der Waals surface area contributed by atoms with Gasteiger partial charge in [0, 0.05) is 11.3 Å². The normalized spacial score (nSPS) is 11.1. The fourth-order valence-electron chi connectivity index (χ4n) is 1.40. The predicted octanol–water partition coefficient (Wildman–Crippen LogP) is 3.58. The van der Waals surface area contributed by atoms with Crippen molar-refractivity contribution < 1.29 is 5.21 Å². The molecule has 1 N–H and O–H groups in total. The minimum absolute atomic E-state index is 0.646. The van der Waals surface area contributed by atoms with Crippen molar-refractivity contribution in [1.29, 1.82) is 0 Å². The Hall–Kier alpha value is -1.39. The van der Waals surface area contributed by atoms with Crippen LogP contribution in [0, 0.1) is 6.92 Å². The lowest BCUT2D eigenvalue weighted by atomic mass is 10.2. The lowest BCUT2D eigenvalue weighted by Gasteiger charge is -1.99. The maximum atomic E-state index is 8.57. The Morgan fingerprint density at radius 1 is 1.50 bits per heavy atom. The van der Waals surface area contributed by atoms with Gasteiger partial charge in [-0.2, -0.15) is 0 Å². The van der Waals surface area contributed by atoms with E-state index in [2.05, 4.69) is 10.1 Å². The van der Waals surface area contributed by atoms with Gasteiger partial charge in [0.25, 0.3) is 0 Å². The number of thiophene rings is 1. The maximum absolute atomic E-state index is 8.57. The van der Waals surface area contributed by atoms with Crippen LogP contribution in [0.1, 0.15) is 11.3 Å². The Morgan fingerprint density at radius 3 is 3.00 bits per heavy atom. The molecule has 0 spiro atoms. The molecule has 0 aliphatic rings. The second-order valence-corrected chi connectivity index (χ2v) is 4.93. The summed E-state index contributed by atoms with van der Waals surface area (Å²) in [5, 5.41) is 11.6. The van der Waals surface area contributed by atoms with Gasteiger partial charge in [0.15, 0.2) is 0 Å². The molecule has 0 saturated heterocycles. The Kier molecular flexibility index (Phi) is 3.22. The van der Waals surface area contributed by atoms with Gasteiger partial charge < -0.3 is 5.21 Å². The van der Waals surface area contributed by atoms with Gasteiger partial charge in [0.2, 0.25) is 0 Å². The van der Waals surface area contributed by atoms with Crippen LogP contribution in [0.3, 0.4) is 0 Å². The molecule has 3 nitrogen and oxygen atoms in total. The first-order valence-electron chi connectivity index (χ1n) is 4.61. The smallest absolute Gasteiger partial charge is 0.0942 e. The number of hydrogen-bond acceptors (Lipinski definition) is 4. The van der Waals surface area contributed by atoms with Crippen molar-refractivity contribution in [2.24, 2.45) is 5.16 Å². The van der Waals surface area contributed by atoms with Crippen LogP contribution in [0.4, 0.5) is 0 Å². The number of nitrogens with zero attached hydrogens (tertiary/aromatic N) is 2. The average Bonchev–Trinajstić information content (AvgIpc) is 2.60. The summed E-state index contributed by atoms with van der Waals surface area (Å²) in [5.41, 5.74) is 2.55. The zero-order valence-corrected chi connectivity index (χ0v) is 10.1. The van der Waals surface area contributed by atoms with Crippen LogP contribution < -0.4 is 0 Å². The molecular formula is C11H9ClN2OS. The van der Waals surface area contributed by atoms with Crippen LogP contribution in [-0.4, -0.2) is 16.4 Å². The molecule has 0 atom stereocenters. The molecule has 5 heteroatoms. The summed E-state index contributed by atoms with van der Waals surface area (Å²) in [5.74, 6) is 0. The standard InChI is InChI=1S/C11H9ClN2OS/c1-7-3-2-4-9(14-7)11-8(6-13-15)5-10(12)16-11/h2-6,15H,1H3/b13-6+. The third kappa shape index (κ3) is 2.23. The van der Waals surface area contributed by atoms with Gasteiger partial charge >= 0.3 is 0 Å². The minimum Gasteiger partial charge on any atom is -0.411 e. The Morgan fingerprint density at radius 2 is 2.31 bits per heavy atom. The molecule has 2 aromatic heterocycles. The molecule has 2 aromatic rings. The molecule has 16 heavy (non-hydrogen) atoms. The first kappa shape index (κ1) is 11.1. The van der Waals surface area contributed by atoms with Crippen molar-refractivity contribution in [2.45, 2.75) is 6.92 Å². The van der Waals surface area contributed by atoms with Crippen molar-refractivity contribution in [1.82, 2.24) is 4.98 Å². The number of rotatable bonds is 2. The number of aromatic nitrogens is 1. The van der Waals surface area contributed by atoms with Crippen LogP contribution in [0.5, 0.6) is 0 Å². The second kappa shape index (κ2) is 4.63. The summed E-state index contributed by atoms with van der Waals surface area (Å²) >= 11 is 7.36. The van der Waals surface area contributed by atoms with Gasteiger partial charge in [0.05, 0.1) is 21.1 Å². The number of hydrogen-bond donors (Lipinski definition) is 1. The highest BCUT2D eigenvalue weighted by atomic mass is 35.5. The van der Waals surface area contributed by atoms with E-state index in [0.717, 1.165) is 21.8 Å². The third-order valence-electron chi connectivity index (χ3n) is 2.05. The van der Waals surface area contributed by atoms with Crippen molar-refractivity contribution in [3.05, 3.63) is 39.9 Å². The lowest BCUT2D eigenvalue weighted by molar-refractivity contribution is 0.322. The number of aryl methyl sites for hydroxylation is 1. The second-order valence-electron chi connectivity index (χ2n) is 3.24. The van der Waals surface area contributed by atoms with Gasteiger partial charge in [-0.3, -0.25) is 4.98 Å². The van der Waals surface area contributed by atoms with Crippen molar-refractivity contribution in [3.8, 4) is 10.6 Å². The molecule has 0 radical (unpaired) electrons. The molecule has 0 aliphatic carbocycles. The molecule has 0 aliphatic heterocycles. The molecule has 2 rings (SSSR count).